The molecular weight excluding hydrogens is 301 g/mol. The Morgan fingerprint density at radius 1 is 1.45 bits per heavy atom. The number of hydrogen-bond donors (Lipinski definition) is 0. The lowest BCUT2D eigenvalue weighted by atomic mass is 9.96. The highest BCUT2D eigenvalue weighted by molar-refractivity contribution is 7.89. The van der Waals surface area contributed by atoms with Crippen LogP contribution in [0.25, 0.3) is 0 Å². The van der Waals surface area contributed by atoms with Crippen molar-refractivity contribution >= 4 is 21.6 Å². The lowest BCUT2D eigenvalue weighted by molar-refractivity contribution is 0.388. The summed E-state index contributed by atoms with van der Waals surface area (Å²) in [4.78, 5) is -0.00286. The van der Waals surface area contributed by atoms with E-state index < -0.39 is 15.8 Å². The molecule has 0 saturated carbocycles. The van der Waals surface area contributed by atoms with E-state index in [2.05, 4.69) is 13.8 Å². The van der Waals surface area contributed by atoms with E-state index >= 15 is 0 Å². The van der Waals surface area contributed by atoms with Crippen LogP contribution in [-0.4, -0.2) is 25.8 Å². The molecule has 1 heterocycles. The maximum atomic E-state index is 13.4. The summed E-state index contributed by atoms with van der Waals surface area (Å²) in [5.41, 5.74) is 0.445. The molecule has 1 aromatic carbocycles. The minimum Gasteiger partial charge on any atom is -0.207 e. The molecule has 1 saturated heterocycles. The molecule has 6 heteroatoms. The van der Waals surface area contributed by atoms with Crippen molar-refractivity contribution in [2.24, 2.45) is 11.8 Å². The zero-order chi connectivity index (χ0) is 14.9. The topological polar surface area (TPSA) is 37.4 Å². The maximum absolute atomic E-state index is 13.4. The van der Waals surface area contributed by atoms with E-state index in [9.17, 15) is 12.8 Å². The fourth-order valence-corrected chi connectivity index (χ4v) is 4.59. The molecule has 20 heavy (non-hydrogen) atoms. The van der Waals surface area contributed by atoms with Gasteiger partial charge < -0.3 is 0 Å². The van der Waals surface area contributed by atoms with E-state index in [-0.39, 0.29) is 10.8 Å². The molecule has 0 aliphatic carbocycles. The van der Waals surface area contributed by atoms with Gasteiger partial charge >= 0.3 is 0 Å². The van der Waals surface area contributed by atoms with Crippen LogP contribution in [0, 0.1) is 17.7 Å². The molecule has 0 radical (unpaired) electrons. The van der Waals surface area contributed by atoms with Crippen molar-refractivity contribution in [3.05, 3.63) is 29.6 Å². The Hall–Kier alpha value is -0.650. The summed E-state index contributed by atoms with van der Waals surface area (Å²) in [5, 5.41) is 0. The molecule has 1 atom stereocenters. The lowest BCUT2D eigenvalue weighted by Crippen LogP contribution is -2.30. The minimum absolute atomic E-state index is 0.00286. The van der Waals surface area contributed by atoms with Gasteiger partial charge in [0.15, 0.2) is 0 Å². The van der Waals surface area contributed by atoms with Crippen molar-refractivity contribution in [1.29, 1.82) is 0 Å². The number of rotatable bonds is 4. The average molecular weight is 320 g/mol. The van der Waals surface area contributed by atoms with Gasteiger partial charge in [-0.25, -0.2) is 12.8 Å². The second kappa shape index (κ2) is 6.00. The molecule has 0 N–H and O–H groups in total. The Balaban J connectivity index is 2.34. The van der Waals surface area contributed by atoms with Gasteiger partial charge in [0.05, 0.1) is 4.90 Å². The van der Waals surface area contributed by atoms with Crippen LogP contribution in [0.3, 0.4) is 0 Å². The number of benzene rings is 1. The largest absolute Gasteiger partial charge is 0.243 e. The number of hydrogen-bond acceptors (Lipinski definition) is 2. The summed E-state index contributed by atoms with van der Waals surface area (Å²) in [6, 6.07) is 3.73. The lowest BCUT2D eigenvalue weighted by Gasteiger charge is -2.19. The van der Waals surface area contributed by atoms with Crippen LogP contribution in [0.4, 0.5) is 4.39 Å². The van der Waals surface area contributed by atoms with E-state index in [4.69, 9.17) is 11.6 Å². The molecule has 1 aliphatic heterocycles. The summed E-state index contributed by atoms with van der Waals surface area (Å²) in [5.74, 6) is 0.293. The van der Waals surface area contributed by atoms with Gasteiger partial charge in [-0.2, -0.15) is 4.31 Å². The highest BCUT2D eigenvalue weighted by Gasteiger charge is 2.34. The Kier molecular flexibility index (Phi) is 4.72. The highest BCUT2D eigenvalue weighted by Crippen LogP contribution is 2.30. The molecule has 3 nitrogen and oxygen atoms in total. The smallest absolute Gasteiger partial charge is 0.207 e. The van der Waals surface area contributed by atoms with Crippen molar-refractivity contribution < 1.29 is 12.8 Å². The van der Waals surface area contributed by atoms with Crippen molar-refractivity contribution in [2.75, 3.05) is 13.1 Å². The van der Waals surface area contributed by atoms with E-state index in [0.29, 0.717) is 30.5 Å². The molecule has 0 bridgehead atoms. The number of alkyl halides is 1. The van der Waals surface area contributed by atoms with Gasteiger partial charge in [0.1, 0.15) is 5.82 Å². The molecule has 0 aromatic heterocycles. The number of nitrogens with zero attached hydrogens (tertiary/aromatic N) is 1. The van der Waals surface area contributed by atoms with Crippen LogP contribution in [0.2, 0.25) is 0 Å². The number of halogens is 2. The van der Waals surface area contributed by atoms with Gasteiger partial charge in [0.2, 0.25) is 10.0 Å². The summed E-state index contributed by atoms with van der Waals surface area (Å²) in [6.07, 6.45) is 0.850. The summed E-state index contributed by atoms with van der Waals surface area (Å²) >= 11 is 5.77. The Morgan fingerprint density at radius 3 is 2.70 bits per heavy atom. The fraction of sp³-hybridized carbons (Fsp3) is 0.571. The molecular formula is C14H19ClFNO2S. The normalized spacial score (nSPS) is 20.8. The second-order valence-corrected chi connectivity index (χ2v) is 7.72. The average Bonchev–Trinajstić information content (AvgIpc) is 2.89. The second-order valence-electron chi connectivity index (χ2n) is 5.54. The zero-order valence-corrected chi connectivity index (χ0v) is 13.2. The van der Waals surface area contributed by atoms with Crippen LogP contribution >= 0.6 is 11.6 Å². The van der Waals surface area contributed by atoms with Crippen LogP contribution < -0.4 is 0 Å². The van der Waals surface area contributed by atoms with Crippen molar-refractivity contribution in [1.82, 2.24) is 4.31 Å². The van der Waals surface area contributed by atoms with E-state index in [1.54, 1.807) is 0 Å². The first-order chi connectivity index (χ1) is 9.36. The Morgan fingerprint density at radius 2 is 2.15 bits per heavy atom. The predicted octanol–water partition coefficient (Wildman–Crippen LogP) is 3.23. The van der Waals surface area contributed by atoms with E-state index in [1.165, 1.54) is 16.4 Å². The standard InChI is InChI=1S/C14H19ClFNO2S/c1-10(2)12-5-6-17(9-12)20(18,19)14-7-13(16)4-3-11(14)8-15/h3-4,7,10,12H,5-6,8-9H2,1-2H3. The summed E-state index contributed by atoms with van der Waals surface area (Å²) in [7, 11) is -3.66. The highest BCUT2D eigenvalue weighted by atomic mass is 35.5. The van der Waals surface area contributed by atoms with Crippen molar-refractivity contribution in [3.8, 4) is 0 Å². The fourth-order valence-electron chi connectivity index (χ4n) is 2.53. The third kappa shape index (κ3) is 3.00. The Bertz CT molecular complexity index is 589. The monoisotopic (exact) mass is 319 g/mol. The van der Waals surface area contributed by atoms with Crippen LogP contribution in [-0.2, 0) is 15.9 Å². The van der Waals surface area contributed by atoms with Crippen LogP contribution in [0.15, 0.2) is 23.1 Å². The first-order valence-electron chi connectivity index (χ1n) is 6.70. The van der Waals surface area contributed by atoms with Gasteiger partial charge in [0, 0.05) is 19.0 Å². The zero-order valence-electron chi connectivity index (χ0n) is 11.6. The minimum atomic E-state index is -3.66. The predicted molar refractivity (Wildman–Crippen MR) is 77.7 cm³/mol. The first-order valence-corrected chi connectivity index (χ1v) is 8.68. The van der Waals surface area contributed by atoms with Crippen molar-refractivity contribution in [3.63, 3.8) is 0 Å². The summed E-state index contributed by atoms with van der Waals surface area (Å²) in [6.45, 7) is 5.17. The molecule has 0 amide bonds. The number of sulfonamides is 1. The van der Waals surface area contributed by atoms with Gasteiger partial charge in [-0.1, -0.05) is 19.9 Å². The molecule has 1 aromatic rings. The summed E-state index contributed by atoms with van der Waals surface area (Å²) < 4.78 is 40.1. The van der Waals surface area contributed by atoms with Gasteiger partial charge in [-0.15, -0.1) is 11.6 Å². The SMILES string of the molecule is CC(C)C1CCN(S(=O)(=O)c2cc(F)ccc2CCl)C1. The third-order valence-electron chi connectivity index (χ3n) is 3.92. The van der Waals surface area contributed by atoms with E-state index in [0.717, 1.165) is 12.5 Å². The van der Waals surface area contributed by atoms with Gasteiger partial charge in [-0.3, -0.25) is 0 Å². The first kappa shape index (κ1) is 15.7. The van der Waals surface area contributed by atoms with Gasteiger partial charge in [-0.05, 0) is 36.0 Å². The molecule has 1 aliphatic rings. The molecule has 1 unspecified atom stereocenters. The third-order valence-corrected chi connectivity index (χ3v) is 6.16. The van der Waals surface area contributed by atoms with Crippen LogP contribution in [0.5, 0.6) is 0 Å². The Labute approximate surface area is 124 Å². The quantitative estimate of drug-likeness (QED) is 0.799. The maximum Gasteiger partial charge on any atom is 0.243 e. The molecule has 2 rings (SSSR count). The van der Waals surface area contributed by atoms with Crippen molar-refractivity contribution in [2.45, 2.75) is 31.0 Å². The van der Waals surface area contributed by atoms with Gasteiger partial charge in [0.25, 0.3) is 0 Å². The van der Waals surface area contributed by atoms with E-state index in [1.807, 2.05) is 0 Å². The molecule has 1 fully saturated rings. The molecule has 0 spiro atoms. The molecule has 112 valence electrons. The van der Waals surface area contributed by atoms with Crippen LogP contribution in [0.1, 0.15) is 25.8 Å².